The Kier molecular flexibility index (Phi) is 2.52. The van der Waals surface area contributed by atoms with Crippen molar-refractivity contribution in [1.82, 2.24) is 4.98 Å². The second-order valence-corrected chi connectivity index (χ2v) is 5.86. The highest BCUT2D eigenvalue weighted by Gasteiger charge is 2.27. The van der Waals surface area contributed by atoms with Crippen LogP contribution >= 0.6 is 11.3 Å². The molecule has 2 N–H and O–H groups in total. The van der Waals surface area contributed by atoms with Crippen LogP contribution in [0.4, 0.5) is 0 Å². The maximum atomic E-state index is 6.07. The highest BCUT2D eigenvalue weighted by molar-refractivity contribution is 7.09. The van der Waals surface area contributed by atoms with Gasteiger partial charge >= 0.3 is 0 Å². The maximum Gasteiger partial charge on any atom is 0.0798 e. The Labute approximate surface area is 84.2 Å². The first kappa shape index (κ1) is 10.7. The van der Waals surface area contributed by atoms with Crippen molar-refractivity contribution in [1.29, 1.82) is 0 Å². The predicted octanol–water partition coefficient (Wildman–Crippen LogP) is 2.63. The number of hydrogen-bond donors (Lipinski definition) is 1. The SMILES string of the molecule is CC(C)(C)c1ncsc1C(C)(C)N. The molecule has 0 aromatic carbocycles. The molecule has 0 aliphatic heterocycles. The van der Waals surface area contributed by atoms with Crippen molar-refractivity contribution in [3.05, 3.63) is 16.1 Å². The van der Waals surface area contributed by atoms with Crippen LogP contribution in [0, 0.1) is 0 Å². The van der Waals surface area contributed by atoms with E-state index >= 15 is 0 Å². The van der Waals surface area contributed by atoms with Crippen LogP contribution in [-0.2, 0) is 11.0 Å². The summed E-state index contributed by atoms with van der Waals surface area (Å²) < 4.78 is 0. The van der Waals surface area contributed by atoms with Crippen LogP contribution in [0.3, 0.4) is 0 Å². The summed E-state index contributed by atoms with van der Waals surface area (Å²) in [7, 11) is 0. The summed E-state index contributed by atoms with van der Waals surface area (Å²) in [6.07, 6.45) is 0. The molecule has 0 spiro atoms. The van der Waals surface area contributed by atoms with Gasteiger partial charge in [0.05, 0.1) is 11.2 Å². The molecule has 74 valence electrons. The fourth-order valence-corrected chi connectivity index (χ4v) is 2.28. The molecule has 1 rings (SSSR count). The van der Waals surface area contributed by atoms with Crippen molar-refractivity contribution in [2.75, 3.05) is 0 Å². The first-order chi connectivity index (χ1) is 5.73. The van der Waals surface area contributed by atoms with E-state index in [0.29, 0.717) is 0 Å². The lowest BCUT2D eigenvalue weighted by atomic mass is 9.87. The van der Waals surface area contributed by atoms with Crippen LogP contribution in [0.25, 0.3) is 0 Å². The van der Waals surface area contributed by atoms with Crippen molar-refractivity contribution < 1.29 is 0 Å². The summed E-state index contributed by atoms with van der Waals surface area (Å²) in [5.74, 6) is 0. The molecule has 0 bridgehead atoms. The van der Waals surface area contributed by atoms with Crippen LogP contribution in [0.15, 0.2) is 5.51 Å². The summed E-state index contributed by atoms with van der Waals surface area (Å²) in [4.78, 5) is 5.59. The molecule has 3 heteroatoms. The minimum absolute atomic E-state index is 0.0893. The average Bonchev–Trinajstić information content (AvgIpc) is 2.27. The molecule has 13 heavy (non-hydrogen) atoms. The molecular formula is C10H18N2S. The van der Waals surface area contributed by atoms with Crippen LogP contribution in [0.1, 0.15) is 45.2 Å². The Morgan fingerprint density at radius 1 is 1.23 bits per heavy atom. The van der Waals surface area contributed by atoms with Gasteiger partial charge in [-0.3, -0.25) is 0 Å². The average molecular weight is 198 g/mol. The number of hydrogen-bond acceptors (Lipinski definition) is 3. The topological polar surface area (TPSA) is 38.9 Å². The normalized spacial score (nSPS) is 13.4. The predicted molar refractivity (Wildman–Crippen MR) is 58.0 cm³/mol. The molecule has 1 aromatic rings. The summed E-state index contributed by atoms with van der Waals surface area (Å²) in [6, 6.07) is 0. The third kappa shape index (κ3) is 2.29. The Hall–Kier alpha value is -0.410. The third-order valence-electron chi connectivity index (χ3n) is 1.86. The smallest absolute Gasteiger partial charge is 0.0798 e. The van der Waals surface area contributed by atoms with E-state index in [9.17, 15) is 0 Å². The first-order valence-electron chi connectivity index (χ1n) is 4.46. The van der Waals surface area contributed by atoms with Gasteiger partial charge in [-0.25, -0.2) is 4.98 Å². The fraction of sp³-hybridized carbons (Fsp3) is 0.700. The van der Waals surface area contributed by atoms with Gasteiger partial charge in [0.25, 0.3) is 0 Å². The number of thiazole rings is 1. The van der Waals surface area contributed by atoms with E-state index in [-0.39, 0.29) is 11.0 Å². The molecule has 1 aromatic heterocycles. The largest absolute Gasteiger partial charge is 0.321 e. The van der Waals surface area contributed by atoms with Crippen LogP contribution in [0.2, 0.25) is 0 Å². The van der Waals surface area contributed by atoms with Gasteiger partial charge in [0.2, 0.25) is 0 Å². The van der Waals surface area contributed by atoms with Gasteiger partial charge in [0, 0.05) is 15.8 Å². The molecule has 0 unspecified atom stereocenters. The number of nitrogens with zero attached hydrogens (tertiary/aromatic N) is 1. The number of aromatic nitrogens is 1. The summed E-state index contributed by atoms with van der Waals surface area (Å²) >= 11 is 1.65. The second kappa shape index (κ2) is 3.07. The van der Waals surface area contributed by atoms with Crippen LogP contribution < -0.4 is 5.73 Å². The van der Waals surface area contributed by atoms with Crippen molar-refractivity contribution >= 4 is 11.3 Å². The van der Waals surface area contributed by atoms with Crippen molar-refractivity contribution in [3.63, 3.8) is 0 Å². The van der Waals surface area contributed by atoms with Crippen molar-refractivity contribution in [2.45, 2.75) is 45.6 Å². The monoisotopic (exact) mass is 198 g/mol. The molecule has 0 radical (unpaired) electrons. The van der Waals surface area contributed by atoms with E-state index in [4.69, 9.17) is 5.73 Å². The molecule has 0 saturated heterocycles. The van der Waals surface area contributed by atoms with Crippen molar-refractivity contribution in [2.24, 2.45) is 5.73 Å². The molecule has 0 atom stereocenters. The summed E-state index contributed by atoms with van der Waals surface area (Å²) in [5, 5.41) is 0. The lowest BCUT2D eigenvalue weighted by Gasteiger charge is -2.24. The lowest BCUT2D eigenvalue weighted by molar-refractivity contribution is 0.512. The Morgan fingerprint density at radius 2 is 1.77 bits per heavy atom. The van der Waals surface area contributed by atoms with Gasteiger partial charge < -0.3 is 5.73 Å². The molecule has 2 nitrogen and oxygen atoms in total. The fourth-order valence-electron chi connectivity index (χ4n) is 1.24. The van der Waals surface area contributed by atoms with E-state index in [1.165, 1.54) is 4.88 Å². The third-order valence-corrected chi connectivity index (χ3v) is 3.03. The van der Waals surface area contributed by atoms with Gasteiger partial charge in [-0.2, -0.15) is 0 Å². The summed E-state index contributed by atoms with van der Waals surface area (Å²) in [6.45, 7) is 10.5. The molecule has 0 amide bonds. The second-order valence-electron chi connectivity index (χ2n) is 5.00. The van der Waals surface area contributed by atoms with Gasteiger partial charge in [-0.15, -0.1) is 11.3 Å². The standard InChI is InChI=1S/C10H18N2S/c1-9(2,3)7-8(10(4,5)11)13-6-12-7/h6H,11H2,1-5H3. The Morgan fingerprint density at radius 3 is 2.08 bits per heavy atom. The lowest BCUT2D eigenvalue weighted by Crippen LogP contribution is -2.31. The zero-order valence-corrected chi connectivity index (χ0v) is 9.83. The zero-order valence-electron chi connectivity index (χ0n) is 9.01. The molecule has 0 saturated carbocycles. The van der Waals surface area contributed by atoms with Gasteiger partial charge in [0.15, 0.2) is 0 Å². The number of nitrogens with two attached hydrogens (primary N) is 1. The zero-order chi connectivity index (χ0) is 10.3. The minimum Gasteiger partial charge on any atom is -0.321 e. The van der Waals surface area contributed by atoms with Gasteiger partial charge in [-0.05, 0) is 13.8 Å². The van der Waals surface area contributed by atoms with E-state index in [1.807, 2.05) is 19.4 Å². The quantitative estimate of drug-likeness (QED) is 0.753. The van der Waals surface area contributed by atoms with Crippen LogP contribution in [0.5, 0.6) is 0 Å². The first-order valence-corrected chi connectivity index (χ1v) is 5.34. The van der Waals surface area contributed by atoms with E-state index in [0.717, 1.165) is 5.69 Å². The van der Waals surface area contributed by atoms with E-state index in [2.05, 4.69) is 25.8 Å². The summed E-state index contributed by atoms with van der Waals surface area (Å²) in [5.41, 5.74) is 8.89. The molecule has 0 aliphatic rings. The van der Waals surface area contributed by atoms with Crippen LogP contribution in [-0.4, -0.2) is 4.98 Å². The van der Waals surface area contributed by atoms with Gasteiger partial charge in [0.1, 0.15) is 0 Å². The Bertz CT molecular complexity index is 260. The van der Waals surface area contributed by atoms with Crippen molar-refractivity contribution in [3.8, 4) is 0 Å². The van der Waals surface area contributed by atoms with E-state index in [1.54, 1.807) is 11.3 Å². The number of rotatable bonds is 1. The highest BCUT2D eigenvalue weighted by Crippen LogP contribution is 2.32. The molecule has 1 heterocycles. The molecular weight excluding hydrogens is 180 g/mol. The molecule has 0 aliphatic carbocycles. The van der Waals surface area contributed by atoms with Gasteiger partial charge in [-0.1, -0.05) is 20.8 Å². The Balaban J connectivity index is 3.19. The highest BCUT2D eigenvalue weighted by atomic mass is 32.1. The minimum atomic E-state index is -0.274. The van der Waals surface area contributed by atoms with E-state index < -0.39 is 0 Å². The molecule has 0 fully saturated rings. The maximum absolute atomic E-state index is 6.07.